The number of hydrogen-bond donors (Lipinski definition) is 3. The Labute approximate surface area is 100 Å². The van der Waals surface area contributed by atoms with Gasteiger partial charge in [-0.2, -0.15) is 0 Å². The lowest BCUT2D eigenvalue weighted by atomic mass is 10.2. The number of aromatic amines is 1. The van der Waals surface area contributed by atoms with Crippen LogP contribution in [0.15, 0.2) is 12.4 Å². The Bertz CT molecular complexity index is 480. The summed E-state index contributed by atoms with van der Waals surface area (Å²) < 4.78 is 0. The van der Waals surface area contributed by atoms with Gasteiger partial charge >= 0.3 is 0 Å². The van der Waals surface area contributed by atoms with E-state index in [9.17, 15) is 0 Å². The van der Waals surface area contributed by atoms with E-state index in [4.69, 9.17) is 5.11 Å². The summed E-state index contributed by atoms with van der Waals surface area (Å²) >= 11 is 0. The average molecular weight is 234 g/mol. The molecule has 0 atom stereocenters. The molecular weight excluding hydrogens is 216 g/mol. The molecule has 0 aromatic carbocycles. The minimum atomic E-state index is 0.273. The zero-order valence-electron chi connectivity index (χ0n) is 10.0. The Morgan fingerprint density at radius 2 is 2.18 bits per heavy atom. The summed E-state index contributed by atoms with van der Waals surface area (Å²) in [6.45, 7) is 3.15. The van der Waals surface area contributed by atoms with E-state index < -0.39 is 0 Å². The SMILES string of the molecule is Cc1cc2c(NCCCCCO)ncnc2[nH]1. The number of anilines is 1. The molecule has 0 saturated carbocycles. The Hall–Kier alpha value is -1.62. The second-order valence-electron chi connectivity index (χ2n) is 4.15. The molecule has 17 heavy (non-hydrogen) atoms. The largest absolute Gasteiger partial charge is 0.396 e. The first-order valence-electron chi connectivity index (χ1n) is 5.96. The monoisotopic (exact) mass is 234 g/mol. The van der Waals surface area contributed by atoms with Crippen molar-refractivity contribution in [2.24, 2.45) is 0 Å². The van der Waals surface area contributed by atoms with Gasteiger partial charge < -0.3 is 15.4 Å². The number of aliphatic hydroxyl groups excluding tert-OH is 1. The summed E-state index contributed by atoms with van der Waals surface area (Å²) in [7, 11) is 0. The third-order valence-electron chi connectivity index (χ3n) is 2.69. The number of aliphatic hydroxyl groups is 1. The van der Waals surface area contributed by atoms with Gasteiger partial charge in [0.05, 0.1) is 5.39 Å². The quantitative estimate of drug-likeness (QED) is 0.667. The molecule has 0 saturated heterocycles. The normalized spacial score (nSPS) is 10.9. The average Bonchev–Trinajstić information content (AvgIpc) is 2.70. The van der Waals surface area contributed by atoms with Crippen LogP contribution >= 0.6 is 0 Å². The van der Waals surface area contributed by atoms with Gasteiger partial charge in [0.25, 0.3) is 0 Å². The van der Waals surface area contributed by atoms with Gasteiger partial charge in [-0.15, -0.1) is 0 Å². The Morgan fingerprint density at radius 3 is 3.00 bits per heavy atom. The maximum absolute atomic E-state index is 8.68. The molecular formula is C12H18N4O. The van der Waals surface area contributed by atoms with E-state index in [0.29, 0.717) is 0 Å². The van der Waals surface area contributed by atoms with Gasteiger partial charge in [-0.25, -0.2) is 9.97 Å². The lowest BCUT2D eigenvalue weighted by Crippen LogP contribution is -2.04. The van der Waals surface area contributed by atoms with Crippen molar-refractivity contribution in [1.82, 2.24) is 15.0 Å². The van der Waals surface area contributed by atoms with Crippen molar-refractivity contribution in [3.8, 4) is 0 Å². The molecule has 0 amide bonds. The molecule has 2 aromatic rings. The predicted molar refractivity (Wildman–Crippen MR) is 68.1 cm³/mol. The molecule has 0 bridgehead atoms. The Balaban J connectivity index is 1.98. The van der Waals surface area contributed by atoms with E-state index in [1.54, 1.807) is 6.33 Å². The van der Waals surface area contributed by atoms with E-state index >= 15 is 0 Å². The molecule has 92 valence electrons. The van der Waals surface area contributed by atoms with Gasteiger partial charge in [0.15, 0.2) is 0 Å². The van der Waals surface area contributed by atoms with Crippen molar-refractivity contribution in [3.05, 3.63) is 18.1 Å². The number of aryl methyl sites for hydroxylation is 1. The van der Waals surface area contributed by atoms with Crippen molar-refractivity contribution in [2.75, 3.05) is 18.5 Å². The molecule has 0 radical (unpaired) electrons. The van der Waals surface area contributed by atoms with E-state index in [0.717, 1.165) is 48.4 Å². The van der Waals surface area contributed by atoms with Gasteiger partial charge in [0.2, 0.25) is 0 Å². The van der Waals surface area contributed by atoms with Crippen LogP contribution in [0.3, 0.4) is 0 Å². The molecule has 0 unspecified atom stereocenters. The number of rotatable bonds is 6. The first-order chi connectivity index (χ1) is 8.31. The highest BCUT2D eigenvalue weighted by atomic mass is 16.2. The molecule has 0 fully saturated rings. The summed E-state index contributed by atoms with van der Waals surface area (Å²) in [5.41, 5.74) is 1.96. The number of unbranched alkanes of at least 4 members (excludes halogenated alkanes) is 2. The summed E-state index contributed by atoms with van der Waals surface area (Å²) in [6.07, 6.45) is 4.50. The van der Waals surface area contributed by atoms with E-state index in [2.05, 4.69) is 20.3 Å². The third kappa shape index (κ3) is 2.94. The number of nitrogens with one attached hydrogen (secondary N) is 2. The van der Waals surface area contributed by atoms with Crippen LogP contribution in [0.5, 0.6) is 0 Å². The summed E-state index contributed by atoms with van der Waals surface area (Å²) in [5, 5.41) is 13.0. The number of H-pyrrole nitrogens is 1. The Morgan fingerprint density at radius 1 is 1.29 bits per heavy atom. The number of hydrogen-bond acceptors (Lipinski definition) is 4. The Kier molecular flexibility index (Phi) is 3.93. The molecule has 0 aliphatic rings. The predicted octanol–water partition coefficient (Wildman–Crippen LogP) is 1.84. The van der Waals surface area contributed by atoms with Crippen LogP contribution in [0.1, 0.15) is 25.0 Å². The lowest BCUT2D eigenvalue weighted by Gasteiger charge is -2.05. The minimum absolute atomic E-state index is 0.273. The lowest BCUT2D eigenvalue weighted by molar-refractivity contribution is 0.283. The van der Waals surface area contributed by atoms with Crippen LogP contribution in [0.4, 0.5) is 5.82 Å². The minimum Gasteiger partial charge on any atom is -0.396 e. The first kappa shape index (κ1) is 11.9. The van der Waals surface area contributed by atoms with Crippen molar-refractivity contribution in [1.29, 1.82) is 0 Å². The fourth-order valence-electron chi connectivity index (χ4n) is 1.83. The van der Waals surface area contributed by atoms with Gasteiger partial charge in [0.1, 0.15) is 17.8 Å². The highest BCUT2D eigenvalue weighted by Crippen LogP contribution is 2.19. The van der Waals surface area contributed by atoms with Gasteiger partial charge in [-0.1, -0.05) is 0 Å². The number of nitrogens with zero attached hydrogens (tertiary/aromatic N) is 2. The smallest absolute Gasteiger partial charge is 0.143 e. The zero-order chi connectivity index (χ0) is 12.1. The van der Waals surface area contributed by atoms with E-state index in [-0.39, 0.29) is 6.61 Å². The second-order valence-corrected chi connectivity index (χ2v) is 4.15. The fourth-order valence-corrected chi connectivity index (χ4v) is 1.83. The van der Waals surface area contributed by atoms with Crippen LogP contribution in [-0.2, 0) is 0 Å². The molecule has 3 N–H and O–H groups in total. The van der Waals surface area contributed by atoms with E-state index in [1.807, 2.05) is 13.0 Å². The standard InChI is InChI=1S/C12H18N4O/c1-9-7-10-11(13-5-3-2-4-6-17)14-8-15-12(10)16-9/h7-8,17H,2-6H2,1H3,(H2,13,14,15,16). The summed E-state index contributed by atoms with van der Waals surface area (Å²) in [6, 6.07) is 2.05. The van der Waals surface area contributed by atoms with E-state index in [1.165, 1.54) is 0 Å². The van der Waals surface area contributed by atoms with Crippen molar-refractivity contribution < 1.29 is 5.11 Å². The number of fused-ring (bicyclic) bond motifs is 1. The molecule has 5 nitrogen and oxygen atoms in total. The van der Waals surface area contributed by atoms with Crippen molar-refractivity contribution in [3.63, 3.8) is 0 Å². The van der Waals surface area contributed by atoms with Gasteiger partial charge in [-0.3, -0.25) is 0 Å². The van der Waals surface area contributed by atoms with Crippen molar-refractivity contribution in [2.45, 2.75) is 26.2 Å². The highest BCUT2D eigenvalue weighted by molar-refractivity contribution is 5.87. The van der Waals surface area contributed by atoms with Crippen LogP contribution in [0.2, 0.25) is 0 Å². The van der Waals surface area contributed by atoms with Gasteiger partial charge in [0, 0.05) is 18.8 Å². The topological polar surface area (TPSA) is 73.8 Å². The number of aromatic nitrogens is 3. The van der Waals surface area contributed by atoms with Crippen LogP contribution in [0.25, 0.3) is 11.0 Å². The molecule has 2 heterocycles. The third-order valence-corrected chi connectivity index (χ3v) is 2.69. The highest BCUT2D eigenvalue weighted by Gasteiger charge is 2.05. The van der Waals surface area contributed by atoms with Crippen LogP contribution in [0, 0.1) is 6.92 Å². The zero-order valence-corrected chi connectivity index (χ0v) is 10.0. The molecule has 0 aliphatic carbocycles. The van der Waals surface area contributed by atoms with Crippen LogP contribution < -0.4 is 5.32 Å². The van der Waals surface area contributed by atoms with Crippen LogP contribution in [-0.4, -0.2) is 33.2 Å². The maximum Gasteiger partial charge on any atom is 0.143 e. The van der Waals surface area contributed by atoms with Gasteiger partial charge in [-0.05, 0) is 32.3 Å². The second kappa shape index (κ2) is 5.63. The van der Waals surface area contributed by atoms with Crippen molar-refractivity contribution >= 4 is 16.9 Å². The first-order valence-corrected chi connectivity index (χ1v) is 5.96. The molecule has 2 rings (SSSR count). The fraction of sp³-hybridized carbons (Fsp3) is 0.500. The molecule has 0 aliphatic heterocycles. The maximum atomic E-state index is 8.68. The molecule has 0 spiro atoms. The molecule has 5 heteroatoms. The molecule has 2 aromatic heterocycles. The summed E-state index contributed by atoms with van der Waals surface area (Å²) in [4.78, 5) is 11.6. The summed E-state index contributed by atoms with van der Waals surface area (Å²) in [5.74, 6) is 0.878.